The van der Waals surface area contributed by atoms with Gasteiger partial charge in [-0.1, -0.05) is 65.7 Å². The number of rotatable bonds is 8. The first-order valence-electron chi connectivity index (χ1n) is 10.1. The first-order chi connectivity index (χ1) is 12.3. The molecule has 1 aliphatic heterocycles. The number of hydrogen-bond donors (Lipinski definition) is 1. The number of likely N-dealkylation sites (tertiary alicyclic amines) is 1. The molecule has 0 aromatic heterocycles. The summed E-state index contributed by atoms with van der Waals surface area (Å²) in [7, 11) is 0. The summed E-state index contributed by atoms with van der Waals surface area (Å²) in [6.45, 7) is 12.0. The number of hydrogen-bond acceptors (Lipinski definition) is 2. The van der Waals surface area contributed by atoms with Crippen LogP contribution in [0.2, 0.25) is 0 Å². The second kappa shape index (κ2) is 9.20. The molecule has 1 aromatic rings. The monoisotopic (exact) mass is 358 g/mol. The molecule has 26 heavy (non-hydrogen) atoms. The van der Waals surface area contributed by atoms with Crippen molar-refractivity contribution < 1.29 is 9.59 Å². The fourth-order valence-electron chi connectivity index (χ4n) is 3.64. The van der Waals surface area contributed by atoms with Crippen molar-refractivity contribution in [2.24, 2.45) is 5.92 Å². The van der Waals surface area contributed by atoms with Crippen LogP contribution in [0.25, 0.3) is 0 Å². The summed E-state index contributed by atoms with van der Waals surface area (Å²) in [5.41, 5.74) is 3.27. The first kappa shape index (κ1) is 20.5. The Labute approximate surface area is 158 Å². The highest BCUT2D eigenvalue weighted by molar-refractivity contribution is 5.98. The van der Waals surface area contributed by atoms with E-state index in [2.05, 4.69) is 58.1 Å². The maximum absolute atomic E-state index is 12.9. The van der Waals surface area contributed by atoms with Crippen LogP contribution in [0.3, 0.4) is 0 Å². The Morgan fingerprint density at radius 3 is 2.31 bits per heavy atom. The average molecular weight is 359 g/mol. The lowest BCUT2D eigenvalue weighted by atomic mass is 9.92. The number of nitrogens with zero attached hydrogens (tertiary/aromatic N) is 1. The fraction of sp³-hybridized carbons (Fsp3) is 0.636. The number of carbonyl (C=O) groups excluding carboxylic acids is 2. The number of nitrogens with one attached hydrogen (secondary N) is 1. The van der Waals surface area contributed by atoms with E-state index in [4.69, 9.17) is 0 Å². The summed E-state index contributed by atoms with van der Waals surface area (Å²) < 4.78 is 0. The van der Waals surface area contributed by atoms with Crippen molar-refractivity contribution >= 4 is 17.5 Å². The van der Waals surface area contributed by atoms with Crippen molar-refractivity contribution in [2.75, 3.05) is 18.4 Å². The van der Waals surface area contributed by atoms with Gasteiger partial charge in [-0.25, -0.2) is 0 Å². The molecule has 1 aromatic carbocycles. The molecular weight excluding hydrogens is 324 g/mol. The fourth-order valence-corrected chi connectivity index (χ4v) is 3.64. The third-order valence-corrected chi connectivity index (χ3v) is 5.24. The third-order valence-electron chi connectivity index (χ3n) is 5.24. The molecule has 2 rings (SSSR count). The number of unbranched alkanes of at least 4 members (excludes halogenated alkanes) is 2. The Morgan fingerprint density at radius 1 is 1.15 bits per heavy atom. The molecule has 1 atom stereocenters. The number of amides is 2. The van der Waals surface area contributed by atoms with Crippen molar-refractivity contribution in [2.45, 2.75) is 72.1 Å². The average Bonchev–Trinajstić information content (AvgIpc) is 2.96. The standard InChI is InChI=1S/C22H34N2O2/c1-6-7-8-12-24-14-17(13-20(24)25)22(26)23-21-18(15(2)3)10-9-11-19(21)16(4)5/h9-11,15-17H,6-8,12-14H2,1-5H3,(H,23,26). The largest absolute Gasteiger partial charge is 0.342 e. The van der Waals surface area contributed by atoms with E-state index in [0.29, 0.717) is 24.8 Å². The highest BCUT2D eigenvalue weighted by Crippen LogP contribution is 2.33. The van der Waals surface area contributed by atoms with Crippen LogP contribution in [0.1, 0.15) is 83.3 Å². The van der Waals surface area contributed by atoms with Crippen molar-refractivity contribution in [1.29, 1.82) is 0 Å². The smallest absolute Gasteiger partial charge is 0.229 e. The summed E-state index contributed by atoms with van der Waals surface area (Å²) in [6.07, 6.45) is 3.61. The van der Waals surface area contributed by atoms with Gasteiger partial charge in [0.15, 0.2) is 0 Å². The van der Waals surface area contributed by atoms with Crippen LogP contribution in [0.4, 0.5) is 5.69 Å². The van der Waals surface area contributed by atoms with Gasteiger partial charge >= 0.3 is 0 Å². The number of anilines is 1. The molecule has 0 saturated carbocycles. The van der Waals surface area contributed by atoms with E-state index in [0.717, 1.165) is 42.6 Å². The minimum atomic E-state index is -0.246. The highest BCUT2D eigenvalue weighted by atomic mass is 16.2. The summed E-state index contributed by atoms with van der Waals surface area (Å²) in [5.74, 6) is 0.512. The van der Waals surface area contributed by atoms with Gasteiger partial charge in [0, 0.05) is 25.2 Å². The Balaban J connectivity index is 2.12. The molecule has 1 N–H and O–H groups in total. The molecular formula is C22H34N2O2. The quantitative estimate of drug-likeness (QED) is 0.671. The van der Waals surface area contributed by atoms with Gasteiger partial charge in [-0.3, -0.25) is 9.59 Å². The topological polar surface area (TPSA) is 49.4 Å². The molecule has 1 aliphatic rings. The van der Waals surface area contributed by atoms with Crippen molar-refractivity contribution in [1.82, 2.24) is 4.90 Å². The number of carbonyl (C=O) groups is 2. The molecule has 4 nitrogen and oxygen atoms in total. The van der Waals surface area contributed by atoms with Crippen LogP contribution < -0.4 is 5.32 Å². The summed E-state index contributed by atoms with van der Waals surface area (Å²) in [5, 5.41) is 3.17. The van der Waals surface area contributed by atoms with Crippen LogP contribution in [0.5, 0.6) is 0 Å². The zero-order valence-electron chi connectivity index (χ0n) is 17.0. The molecule has 0 aliphatic carbocycles. The summed E-state index contributed by atoms with van der Waals surface area (Å²) in [4.78, 5) is 27.0. The molecule has 4 heteroatoms. The normalized spacial score (nSPS) is 17.4. The van der Waals surface area contributed by atoms with Gasteiger partial charge in [0.1, 0.15) is 0 Å². The predicted molar refractivity (Wildman–Crippen MR) is 107 cm³/mol. The maximum Gasteiger partial charge on any atom is 0.229 e. The molecule has 2 amide bonds. The van der Waals surface area contributed by atoms with Gasteiger partial charge in [-0.05, 0) is 29.4 Å². The van der Waals surface area contributed by atoms with E-state index in [1.54, 1.807) is 0 Å². The minimum absolute atomic E-state index is 0.0219. The predicted octanol–water partition coefficient (Wildman–Crippen LogP) is 4.91. The van der Waals surface area contributed by atoms with Gasteiger partial charge in [0.05, 0.1) is 5.92 Å². The maximum atomic E-state index is 12.9. The second-order valence-corrected chi connectivity index (χ2v) is 8.06. The minimum Gasteiger partial charge on any atom is -0.342 e. The number of benzene rings is 1. The Kier molecular flexibility index (Phi) is 7.24. The molecule has 0 bridgehead atoms. The van der Waals surface area contributed by atoms with Crippen LogP contribution in [-0.4, -0.2) is 29.8 Å². The summed E-state index contributed by atoms with van der Waals surface area (Å²) >= 11 is 0. The van der Waals surface area contributed by atoms with E-state index in [1.165, 1.54) is 0 Å². The lowest BCUT2D eigenvalue weighted by Gasteiger charge is -2.21. The highest BCUT2D eigenvalue weighted by Gasteiger charge is 2.34. The van der Waals surface area contributed by atoms with Gasteiger partial charge in [0.2, 0.25) is 11.8 Å². The van der Waals surface area contributed by atoms with E-state index < -0.39 is 0 Å². The van der Waals surface area contributed by atoms with Crippen molar-refractivity contribution in [3.63, 3.8) is 0 Å². The SMILES string of the molecule is CCCCCN1CC(C(=O)Nc2c(C(C)C)cccc2C(C)C)CC1=O. The molecule has 144 valence electrons. The lowest BCUT2D eigenvalue weighted by molar-refractivity contribution is -0.128. The van der Waals surface area contributed by atoms with Crippen molar-refractivity contribution in [3.8, 4) is 0 Å². The van der Waals surface area contributed by atoms with Crippen LogP contribution >= 0.6 is 0 Å². The van der Waals surface area contributed by atoms with Gasteiger partial charge in [0.25, 0.3) is 0 Å². The molecule has 1 unspecified atom stereocenters. The Hall–Kier alpha value is -1.84. The zero-order valence-corrected chi connectivity index (χ0v) is 17.0. The third kappa shape index (κ3) is 4.87. The van der Waals surface area contributed by atoms with E-state index in [9.17, 15) is 9.59 Å². The molecule has 1 fully saturated rings. The van der Waals surface area contributed by atoms with E-state index in [-0.39, 0.29) is 17.7 Å². The molecule has 0 radical (unpaired) electrons. The zero-order chi connectivity index (χ0) is 19.3. The van der Waals surface area contributed by atoms with Crippen LogP contribution in [-0.2, 0) is 9.59 Å². The number of para-hydroxylation sites is 1. The van der Waals surface area contributed by atoms with Gasteiger partial charge in [-0.2, -0.15) is 0 Å². The first-order valence-corrected chi connectivity index (χ1v) is 10.1. The molecule has 0 spiro atoms. The van der Waals surface area contributed by atoms with Crippen LogP contribution in [0, 0.1) is 5.92 Å². The summed E-state index contributed by atoms with van der Waals surface area (Å²) in [6, 6.07) is 6.24. The van der Waals surface area contributed by atoms with Gasteiger partial charge in [-0.15, -0.1) is 0 Å². The Morgan fingerprint density at radius 2 is 1.77 bits per heavy atom. The van der Waals surface area contributed by atoms with Crippen molar-refractivity contribution in [3.05, 3.63) is 29.3 Å². The van der Waals surface area contributed by atoms with E-state index in [1.807, 2.05) is 4.90 Å². The van der Waals surface area contributed by atoms with Crippen LogP contribution in [0.15, 0.2) is 18.2 Å². The Bertz CT molecular complexity index is 611. The van der Waals surface area contributed by atoms with Gasteiger partial charge < -0.3 is 10.2 Å². The molecule has 1 saturated heterocycles. The lowest BCUT2D eigenvalue weighted by Crippen LogP contribution is -2.29. The molecule has 1 heterocycles. The van der Waals surface area contributed by atoms with E-state index >= 15 is 0 Å². The second-order valence-electron chi connectivity index (χ2n) is 8.06.